The number of nitrogens with zero attached hydrogens (tertiary/aromatic N) is 1. The minimum atomic E-state index is 0.0134. The minimum absolute atomic E-state index is 0.0134. The molecule has 1 aromatic rings. The van der Waals surface area contributed by atoms with Gasteiger partial charge in [-0.2, -0.15) is 0 Å². The Morgan fingerprint density at radius 2 is 2.16 bits per heavy atom. The second-order valence-electron chi connectivity index (χ2n) is 4.92. The summed E-state index contributed by atoms with van der Waals surface area (Å²) >= 11 is 5.94. The number of halogens is 1. The molecule has 1 aromatic carbocycles. The number of piperidine rings is 1. The Bertz CT molecular complexity index is 457. The highest BCUT2D eigenvalue weighted by Gasteiger charge is 2.20. The Labute approximate surface area is 118 Å². The molecule has 0 aromatic heterocycles. The van der Waals surface area contributed by atoms with Crippen LogP contribution in [0.15, 0.2) is 18.2 Å². The Kier molecular flexibility index (Phi) is 4.66. The topological polar surface area (TPSA) is 55.6 Å². The number of carbonyl (C=O) groups is 1. The normalized spacial score (nSPS) is 16.5. The molecule has 4 nitrogen and oxygen atoms in total. The summed E-state index contributed by atoms with van der Waals surface area (Å²) in [6, 6.07) is 5.61. The van der Waals surface area contributed by atoms with E-state index in [1.807, 2.05) is 17.9 Å². The highest BCUT2D eigenvalue weighted by Crippen LogP contribution is 2.21. The molecule has 0 saturated carbocycles. The van der Waals surface area contributed by atoms with Crippen molar-refractivity contribution in [2.24, 2.45) is 5.73 Å². The number of nitrogens with two attached hydrogens (primary N) is 1. The van der Waals surface area contributed by atoms with Gasteiger partial charge in [0.2, 0.25) is 0 Å². The number of benzene rings is 1. The number of carbonyl (C=O) groups excluding carboxylic acids is 1. The van der Waals surface area contributed by atoms with E-state index in [0.717, 1.165) is 31.5 Å². The molecule has 0 unspecified atom stereocenters. The van der Waals surface area contributed by atoms with Crippen molar-refractivity contribution in [1.29, 1.82) is 0 Å². The van der Waals surface area contributed by atoms with Crippen LogP contribution in [-0.4, -0.2) is 36.5 Å². The molecule has 1 heterocycles. The third-order valence-corrected chi connectivity index (χ3v) is 3.81. The lowest BCUT2D eigenvalue weighted by atomic mass is 10.1. The lowest BCUT2D eigenvalue weighted by molar-refractivity contribution is -0.134. The zero-order chi connectivity index (χ0) is 13.8. The van der Waals surface area contributed by atoms with Crippen LogP contribution in [0.25, 0.3) is 0 Å². The van der Waals surface area contributed by atoms with Crippen molar-refractivity contribution in [1.82, 2.24) is 4.90 Å². The quantitative estimate of drug-likeness (QED) is 0.922. The van der Waals surface area contributed by atoms with Gasteiger partial charge in [-0.3, -0.25) is 4.79 Å². The van der Waals surface area contributed by atoms with Gasteiger partial charge in [0, 0.05) is 24.2 Å². The van der Waals surface area contributed by atoms with Crippen LogP contribution < -0.4 is 10.5 Å². The molecule has 19 heavy (non-hydrogen) atoms. The lowest BCUT2D eigenvalue weighted by Crippen LogP contribution is -2.44. The van der Waals surface area contributed by atoms with Gasteiger partial charge in [0.1, 0.15) is 5.75 Å². The number of hydrogen-bond acceptors (Lipinski definition) is 3. The highest BCUT2D eigenvalue weighted by atomic mass is 35.5. The molecule has 104 valence electrons. The number of amides is 1. The van der Waals surface area contributed by atoms with E-state index >= 15 is 0 Å². The molecule has 1 saturated heterocycles. The largest absolute Gasteiger partial charge is 0.484 e. The van der Waals surface area contributed by atoms with E-state index < -0.39 is 0 Å². The van der Waals surface area contributed by atoms with Crippen LogP contribution >= 0.6 is 11.6 Å². The monoisotopic (exact) mass is 282 g/mol. The summed E-state index contributed by atoms with van der Waals surface area (Å²) in [5, 5.41) is 0.698. The molecule has 0 radical (unpaired) electrons. The van der Waals surface area contributed by atoms with E-state index in [9.17, 15) is 4.79 Å². The maximum Gasteiger partial charge on any atom is 0.260 e. The van der Waals surface area contributed by atoms with Crippen LogP contribution in [0.2, 0.25) is 5.02 Å². The van der Waals surface area contributed by atoms with E-state index in [1.165, 1.54) is 0 Å². The first-order chi connectivity index (χ1) is 9.06. The number of rotatable bonds is 3. The molecule has 2 rings (SSSR count). The Morgan fingerprint density at radius 3 is 2.79 bits per heavy atom. The van der Waals surface area contributed by atoms with Gasteiger partial charge in [-0.05, 0) is 43.5 Å². The Hall–Kier alpha value is -1.26. The average molecular weight is 283 g/mol. The van der Waals surface area contributed by atoms with Crippen molar-refractivity contribution in [2.75, 3.05) is 19.7 Å². The Morgan fingerprint density at radius 1 is 1.47 bits per heavy atom. The molecule has 0 spiro atoms. The fourth-order valence-electron chi connectivity index (χ4n) is 2.09. The molecular weight excluding hydrogens is 264 g/mol. The number of likely N-dealkylation sites (tertiary alicyclic amines) is 1. The fraction of sp³-hybridized carbons (Fsp3) is 0.500. The van der Waals surface area contributed by atoms with Crippen molar-refractivity contribution in [3.63, 3.8) is 0 Å². The van der Waals surface area contributed by atoms with Crippen molar-refractivity contribution in [3.05, 3.63) is 28.8 Å². The van der Waals surface area contributed by atoms with Crippen molar-refractivity contribution in [2.45, 2.75) is 25.8 Å². The molecule has 2 N–H and O–H groups in total. The summed E-state index contributed by atoms with van der Waals surface area (Å²) in [6.07, 6.45) is 1.73. The molecule has 1 amide bonds. The SMILES string of the molecule is Cc1cc(OCC(=O)N2CCC(N)CC2)ccc1Cl. The third-order valence-electron chi connectivity index (χ3n) is 3.38. The van der Waals surface area contributed by atoms with Gasteiger partial charge in [0.05, 0.1) is 0 Å². The highest BCUT2D eigenvalue weighted by molar-refractivity contribution is 6.31. The van der Waals surface area contributed by atoms with Crippen LogP contribution in [0.1, 0.15) is 18.4 Å². The van der Waals surface area contributed by atoms with Gasteiger partial charge in [0.25, 0.3) is 5.91 Å². The summed E-state index contributed by atoms with van der Waals surface area (Å²) in [5.41, 5.74) is 6.75. The van der Waals surface area contributed by atoms with Gasteiger partial charge >= 0.3 is 0 Å². The molecule has 0 aliphatic carbocycles. The van der Waals surface area contributed by atoms with E-state index in [1.54, 1.807) is 12.1 Å². The lowest BCUT2D eigenvalue weighted by Gasteiger charge is -2.30. The zero-order valence-electron chi connectivity index (χ0n) is 11.1. The van der Waals surface area contributed by atoms with Crippen LogP contribution in [0.3, 0.4) is 0 Å². The van der Waals surface area contributed by atoms with E-state index in [0.29, 0.717) is 10.8 Å². The molecule has 0 atom stereocenters. The van der Waals surface area contributed by atoms with E-state index in [2.05, 4.69) is 0 Å². The first-order valence-electron chi connectivity index (χ1n) is 6.48. The number of aryl methyl sites for hydroxylation is 1. The van der Waals surface area contributed by atoms with Crippen LogP contribution in [0.5, 0.6) is 5.75 Å². The molecule has 5 heteroatoms. The van der Waals surface area contributed by atoms with Gasteiger partial charge in [-0.15, -0.1) is 0 Å². The first-order valence-corrected chi connectivity index (χ1v) is 6.86. The standard InChI is InChI=1S/C14H19ClN2O2/c1-10-8-12(2-3-13(10)15)19-9-14(18)17-6-4-11(16)5-7-17/h2-3,8,11H,4-7,9,16H2,1H3. The molecular formula is C14H19ClN2O2. The predicted molar refractivity (Wildman–Crippen MR) is 75.5 cm³/mol. The molecule has 1 fully saturated rings. The smallest absolute Gasteiger partial charge is 0.260 e. The summed E-state index contributed by atoms with van der Waals surface area (Å²) in [5.74, 6) is 0.684. The average Bonchev–Trinajstić information content (AvgIpc) is 2.40. The predicted octanol–water partition coefficient (Wildman–Crippen LogP) is 1.98. The fourth-order valence-corrected chi connectivity index (χ4v) is 2.21. The second-order valence-corrected chi connectivity index (χ2v) is 5.33. The van der Waals surface area contributed by atoms with Crippen LogP contribution in [-0.2, 0) is 4.79 Å². The van der Waals surface area contributed by atoms with E-state index in [-0.39, 0.29) is 18.6 Å². The van der Waals surface area contributed by atoms with Gasteiger partial charge in [-0.25, -0.2) is 0 Å². The minimum Gasteiger partial charge on any atom is -0.484 e. The Balaban J connectivity index is 1.84. The summed E-state index contributed by atoms with van der Waals surface area (Å²) in [4.78, 5) is 13.8. The molecule has 1 aliphatic heterocycles. The van der Waals surface area contributed by atoms with Crippen LogP contribution in [0.4, 0.5) is 0 Å². The summed E-state index contributed by atoms with van der Waals surface area (Å²) < 4.78 is 5.50. The zero-order valence-corrected chi connectivity index (χ0v) is 11.8. The molecule has 0 bridgehead atoms. The maximum absolute atomic E-state index is 12.0. The van der Waals surface area contributed by atoms with Crippen LogP contribution in [0, 0.1) is 6.92 Å². The first kappa shape index (κ1) is 14.2. The molecule has 1 aliphatic rings. The van der Waals surface area contributed by atoms with Crippen molar-refractivity contribution >= 4 is 17.5 Å². The van der Waals surface area contributed by atoms with E-state index in [4.69, 9.17) is 22.1 Å². The van der Waals surface area contributed by atoms with Gasteiger partial charge in [0.15, 0.2) is 6.61 Å². The third kappa shape index (κ3) is 3.85. The van der Waals surface area contributed by atoms with Crippen molar-refractivity contribution in [3.8, 4) is 5.75 Å². The number of ether oxygens (including phenoxy) is 1. The van der Waals surface area contributed by atoms with Gasteiger partial charge in [-0.1, -0.05) is 11.6 Å². The summed E-state index contributed by atoms with van der Waals surface area (Å²) in [7, 11) is 0. The maximum atomic E-state index is 12.0. The summed E-state index contributed by atoms with van der Waals surface area (Å²) in [6.45, 7) is 3.42. The van der Waals surface area contributed by atoms with Gasteiger partial charge < -0.3 is 15.4 Å². The van der Waals surface area contributed by atoms with Crippen molar-refractivity contribution < 1.29 is 9.53 Å². The second kappa shape index (κ2) is 6.26. The number of hydrogen-bond donors (Lipinski definition) is 1.